The molecule has 1 aromatic heterocycles. The largest absolute Gasteiger partial charge is 0.374 e. The van der Waals surface area contributed by atoms with E-state index in [9.17, 15) is 0 Å². The average Bonchev–Trinajstić information content (AvgIpc) is 3.23. The molecule has 3 aliphatic rings. The van der Waals surface area contributed by atoms with E-state index in [-0.39, 0.29) is 24.0 Å². The summed E-state index contributed by atoms with van der Waals surface area (Å²) in [7, 11) is 1.87. The van der Waals surface area contributed by atoms with Crippen molar-refractivity contribution in [3.63, 3.8) is 0 Å². The van der Waals surface area contributed by atoms with Gasteiger partial charge in [-0.2, -0.15) is 0 Å². The standard InChI is InChI=1S/C16H24N4OS.HI/c1-9-10(2)22-15(19-9)6-18-16(17-3)20-7-11-12(8-20)14-5-4-13(11)21-14;/h11-14H,4-8H2,1-3H3,(H,17,18);1H. The number of aromatic nitrogens is 1. The fourth-order valence-corrected chi connectivity index (χ4v) is 5.11. The predicted octanol–water partition coefficient (Wildman–Crippen LogP) is 2.56. The van der Waals surface area contributed by atoms with Crippen molar-refractivity contribution >= 4 is 41.3 Å². The summed E-state index contributed by atoms with van der Waals surface area (Å²) in [4.78, 5) is 12.8. The first-order chi connectivity index (χ1) is 10.7. The average molecular weight is 448 g/mol. The molecule has 4 unspecified atom stereocenters. The Kier molecular flexibility index (Phi) is 5.18. The van der Waals surface area contributed by atoms with Gasteiger partial charge in [-0.15, -0.1) is 35.3 Å². The Labute approximate surface area is 158 Å². The van der Waals surface area contributed by atoms with Crippen LogP contribution in [0.5, 0.6) is 0 Å². The van der Waals surface area contributed by atoms with E-state index in [4.69, 9.17) is 4.74 Å². The van der Waals surface area contributed by atoms with Crippen LogP contribution >= 0.6 is 35.3 Å². The number of nitrogens with one attached hydrogen (secondary N) is 1. The summed E-state index contributed by atoms with van der Waals surface area (Å²) >= 11 is 1.77. The van der Waals surface area contributed by atoms with Crippen molar-refractivity contribution in [2.75, 3.05) is 20.1 Å². The third-order valence-electron chi connectivity index (χ3n) is 5.43. The van der Waals surface area contributed by atoms with Crippen molar-refractivity contribution in [1.82, 2.24) is 15.2 Å². The molecule has 3 fully saturated rings. The second kappa shape index (κ2) is 6.84. The van der Waals surface area contributed by atoms with Gasteiger partial charge in [-0.25, -0.2) is 4.98 Å². The number of nitrogens with zero attached hydrogens (tertiary/aromatic N) is 3. The summed E-state index contributed by atoms with van der Waals surface area (Å²) in [5.74, 6) is 2.43. The summed E-state index contributed by atoms with van der Waals surface area (Å²) in [5.41, 5.74) is 1.14. The first kappa shape index (κ1) is 17.4. The van der Waals surface area contributed by atoms with E-state index in [0.717, 1.165) is 36.3 Å². The Morgan fingerprint density at radius 3 is 2.48 bits per heavy atom. The molecule has 0 spiro atoms. The number of halogens is 1. The van der Waals surface area contributed by atoms with Crippen molar-refractivity contribution < 1.29 is 4.74 Å². The molecule has 4 rings (SSSR count). The van der Waals surface area contributed by atoms with Gasteiger partial charge in [0, 0.05) is 36.9 Å². The molecule has 2 bridgehead atoms. The van der Waals surface area contributed by atoms with Crippen LogP contribution in [0, 0.1) is 25.7 Å². The zero-order valence-electron chi connectivity index (χ0n) is 13.9. The first-order valence-electron chi connectivity index (χ1n) is 8.19. The molecule has 4 atom stereocenters. The summed E-state index contributed by atoms with van der Waals surface area (Å²) in [6.45, 7) is 7.13. The quantitative estimate of drug-likeness (QED) is 0.430. The van der Waals surface area contributed by atoms with Gasteiger partial charge in [0.1, 0.15) is 5.01 Å². The van der Waals surface area contributed by atoms with Gasteiger partial charge in [0.25, 0.3) is 0 Å². The number of guanidine groups is 1. The number of thiazole rings is 1. The molecule has 3 saturated heterocycles. The highest BCUT2D eigenvalue weighted by Crippen LogP contribution is 2.47. The minimum absolute atomic E-state index is 0. The van der Waals surface area contributed by atoms with Gasteiger partial charge in [0.05, 0.1) is 24.4 Å². The van der Waals surface area contributed by atoms with Crippen LogP contribution in [0.3, 0.4) is 0 Å². The number of fused-ring (bicyclic) bond motifs is 5. The lowest BCUT2D eigenvalue weighted by molar-refractivity contribution is 0.0767. The first-order valence-corrected chi connectivity index (χ1v) is 9.01. The Hall–Kier alpha value is -0.410. The van der Waals surface area contributed by atoms with E-state index in [2.05, 4.69) is 34.0 Å². The van der Waals surface area contributed by atoms with Crippen molar-refractivity contribution in [2.45, 2.75) is 45.4 Å². The molecule has 4 heterocycles. The van der Waals surface area contributed by atoms with Gasteiger partial charge >= 0.3 is 0 Å². The van der Waals surface area contributed by atoms with E-state index >= 15 is 0 Å². The van der Waals surface area contributed by atoms with Gasteiger partial charge in [-0.05, 0) is 26.7 Å². The molecule has 0 aromatic carbocycles. The molecule has 128 valence electrons. The molecular formula is C16H25IN4OS. The number of likely N-dealkylation sites (tertiary alicyclic amines) is 1. The van der Waals surface area contributed by atoms with Gasteiger partial charge in [0.2, 0.25) is 0 Å². The fourth-order valence-electron chi connectivity index (χ4n) is 4.23. The number of rotatable bonds is 2. The van der Waals surface area contributed by atoms with Crippen LogP contribution in [-0.2, 0) is 11.3 Å². The number of ether oxygens (including phenoxy) is 1. The Morgan fingerprint density at radius 2 is 1.96 bits per heavy atom. The number of hydrogen-bond donors (Lipinski definition) is 1. The summed E-state index contributed by atoms with van der Waals surface area (Å²) in [5, 5.41) is 4.63. The van der Waals surface area contributed by atoms with Crippen LogP contribution in [0.15, 0.2) is 4.99 Å². The second-order valence-corrected chi connectivity index (χ2v) is 7.96. The minimum atomic E-state index is 0. The Morgan fingerprint density at radius 1 is 1.30 bits per heavy atom. The van der Waals surface area contributed by atoms with Crippen LogP contribution in [0.1, 0.15) is 28.4 Å². The summed E-state index contributed by atoms with van der Waals surface area (Å²) in [6.07, 6.45) is 3.51. The Bertz CT molecular complexity index is 567. The fraction of sp³-hybridized carbons (Fsp3) is 0.750. The van der Waals surface area contributed by atoms with E-state index in [1.807, 2.05) is 7.05 Å². The SMILES string of the molecule is CN=C(NCc1nc(C)c(C)s1)N1CC2C3CCC(O3)C2C1.I. The van der Waals surface area contributed by atoms with Gasteiger partial charge in [0.15, 0.2) is 5.96 Å². The van der Waals surface area contributed by atoms with Crippen LogP contribution in [0.25, 0.3) is 0 Å². The second-order valence-electron chi connectivity index (χ2n) is 6.67. The molecule has 23 heavy (non-hydrogen) atoms. The van der Waals surface area contributed by atoms with Gasteiger partial charge in [-0.1, -0.05) is 0 Å². The van der Waals surface area contributed by atoms with Crippen LogP contribution in [0.4, 0.5) is 0 Å². The summed E-state index contributed by atoms with van der Waals surface area (Å²) < 4.78 is 6.05. The normalized spacial score (nSPS) is 32.1. The highest BCUT2D eigenvalue weighted by Gasteiger charge is 2.53. The van der Waals surface area contributed by atoms with Crippen LogP contribution < -0.4 is 5.32 Å². The third kappa shape index (κ3) is 3.11. The smallest absolute Gasteiger partial charge is 0.194 e. The zero-order valence-corrected chi connectivity index (χ0v) is 17.1. The van der Waals surface area contributed by atoms with E-state index in [1.54, 1.807) is 11.3 Å². The van der Waals surface area contributed by atoms with Crippen LogP contribution in [0.2, 0.25) is 0 Å². The van der Waals surface area contributed by atoms with Crippen molar-refractivity contribution in [1.29, 1.82) is 0 Å². The molecule has 1 aromatic rings. The topological polar surface area (TPSA) is 49.8 Å². The minimum Gasteiger partial charge on any atom is -0.374 e. The predicted molar refractivity (Wildman–Crippen MR) is 104 cm³/mol. The van der Waals surface area contributed by atoms with E-state index < -0.39 is 0 Å². The molecule has 1 N–H and O–H groups in total. The van der Waals surface area contributed by atoms with Gasteiger partial charge in [-0.3, -0.25) is 4.99 Å². The highest BCUT2D eigenvalue weighted by molar-refractivity contribution is 14.0. The molecule has 0 amide bonds. The van der Waals surface area contributed by atoms with Crippen molar-refractivity contribution in [3.8, 4) is 0 Å². The molecule has 7 heteroatoms. The number of aryl methyl sites for hydroxylation is 2. The van der Waals surface area contributed by atoms with Crippen molar-refractivity contribution in [2.24, 2.45) is 16.8 Å². The lowest BCUT2D eigenvalue weighted by atomic mass is 9.82. The molecule has 0 saturated carbocycles. The maximum absolute atomic E-state index is 6.05. The molecule has 0 aliphatic carbocycles. The lowest BCUT2D eigenvalue weighted by Gasteiger charge is -2.23. The molecule has 0 radical (unpaired) electrons. The van der Waals surface area contributed by atoms with E-state index in [0.29, 0.717) is 24.0 Å². The van der Waals surface area contributed by atoms with Crippen LogP contribution in [-0.4, -0.2) is 48.2 Å². The van der Waals surface area contributed by atoms with Gasteiger partial charge < -0.3 is 15.0 Å². The Balaban J connectivity index is 0.00000156. The third-order valence-corrected chi connectivity index (χ3v) is 6.51. The van der Waals surface area contributed by atoms with Crippen molar-refractivity contribution in [3.05, 3.63) is 15.6 Å². The number of hydrogen-bond acceptors (Lipinski definition) is 4. The molecule has 3 aliphatic heterocycles. The number of aliphatic imine (C=N–C) groups is 1. The maximum Gasteiger partial charge on any atom is 0.194 e. The molecule has 5 nitrogen and oxygen atoms in total. The molecular weight excluding hydrogens is 423 g/mol. The summed E-state index contributed by atoms with van der Waals surface area (Å²) in [6, 6.07) is 0. The maximum atomic E-state index is 6.05. The lowest BCUT2D eigenvalue weighted by Crippen LogP contribution is -2.40. The highest BCUT2D eigenvalue weighted by atomic mass is 127. The zero-order chi connectivity index (χ0) is 15.3. The monoisotopic (exact) mass is 448 g/mol. The van der Waals surface area contributed by atoms with E-state index in [1.165, 1.54) is 17.7 Å².